The van der Waals surface area contributed by atoms with Crippen LogP contribution in [0.5, 0.6) is 5.75 Å². The third-order valence-corrected chi connectivity index (χ3v) is 4.94. The van der Waals surface area contributed by atoms with Crippen molar-refractivity contribution in [1.82, 2.24) is 4.90 Å². The van der Waals surface area contributed by atoms with Crippen LogP contribution in [0.4, 0.5) is 5.69 Å². The van der Waals surface area contributed by atoms with Gasteiger partial charge in [0.25, 0.3) is 5.91 Å². The van der Waals surface area contributed by atoms with E-state index in [1.54, 1.807) is 0 Å². The fourth-order valence-electron chi connectivity index (χ4n) is 3.56. The lowest BCUT2D eigenvalue weighted by molar-refractivity contribution is 0.0616. The van der Waals surface area contributed by atoms with Crippen molar-refractivity contribution in [2.75, 3.05) is 5.32 Å². The van der Waals surface area contributed by atoms with Crippen LogP contribution in [-0.2, 0) is 6.61 Å². The van der Waals surface area contributed by atoms with Gasteiger partial charge in [-0.25, -0.2) is 0 Å². The molecule has 28 heavy (non-hydrogen) atoms. The topological polar surface area (TPSA) is 41.6 Å². The van der Waals surface area contributed by atoms with E-state index >= 15 is 0 Å². The van der Waals surface area contributed by atoms with Crippen LogP contribution in [0.25, 0.3) is 0 Å². The SMILES string of the molecule is CC(C)N1C(=O)c2ccccc2NC1c1cccc(OCc2ccccc2)c1. The minimum atomic E-state index is -0.234. The molecule has 3 aromatic carbocycles. The first-order valence-electron chi connectivity index (χ1n) is 9.58. The highest BCUT2D eigenvalue weighted by atomic mass is 16.5. The Kier molecular flexibility index (Phi) is 5.02. The Hall–Kier alpha value is -3.27. The highest BCUT2D eigenvalue weighted by Gasteiger charge is 2.34. The summed E-state index contributed by atoms with van der Waals surface area (Å²) in [5.41, 5.74) is 3.70. The number of nitrogens with one attached hydrogen (secondary N) is 1. The fraction of sp³-hybridized carbons (Fsp3) is 0.208. The van der Waals surface area contributed by atoms with Gasteiger partial charge in [-0.15, -0.1) is 0 Å². The van der Waals surface area contributed by atoms with E-state index in [0.29, 0.717) is 12.2 Å². The smallest absolute Gasteiger partial charge is 0.258 e. The van der Waals surface area contributed by atoms with E-state index in [2.05, 4.69) is 5.32 Å². The summed E-state index contributed by atoms with van der Waals surface area (Å²) in [6, 6.07) is 25.8. The summed E-state index contributed by atoms with van der Waals surface area (Å²) in [7, 11) is 0. The molecule has 0 saturated carbocycles. The number of nitrogens with zero attached hydrogens (tertiary/aromatic N) is 1. The summed E-state index contributed by atoms with van der Waals surface area (Å²) in [6.07, 6.45) is -0.234. The predicted octanol–water partition coefficient (Wildman–Crippen LogP) is 5.24. The van der Waals surface area contributed by atoms with E-state index in [-0.39, 0.29) is 18.1 Å². The van der Waals surface area contributed by atoms with Gasteiger partial charge >= 0.3 is 0 Å². The number of anilines is 1. The zero-order valence-corrected chi connectivity index (χ0v) is 16.1. The number of carbonyl (C=O) groups excluding carboxylic acids is 1. The Morgan fingerprint density at radius 2 is 1.71 bits per heavy atom. The van der Waals surface area contributed by atoms with E-state index in [1.165, 1.54) is 0 Å². The number of benzene rings is 3. The molecule has 4 heteroatoms. The Morgan fingerprint density at radius 1 is 0.964 bits per heavy atom. The summed E-state index contributed by atoms with van der Waals surface area (Å²) < 4.78 is 5.98. The average molecular weight is 372 g/mol. The van der Waals surface area contributed by atoms with Crippen LogP contribution < -0.4 is 10.1 Å². The maximum atomic E-state index is 13.1. The third-order valence-electron chi connectivity index (χ3n) is 4.94. The Labute approximate surface area is 165 Å². The highest BCUT2D eigenvalue weighted by Crippen LogP contribution is 2.35. The first kappa shape index (κ1) is 18.1. The second-order valence-corrected chi connectivity index (χ2v) is 7.25. The molecule has 0 aromatic heterocycles. The zero-order chi connectivity index (χ0) is 19.5. The predicted molar refractivity (Wildman–Crippen MR) is 111 cm³/mol. The molecule has 1 amide bonds. The molecule has 0 saturated heterocycles. The number of para-hydroxylation sites is 1. The van der Waals surface area contributed by atoms with Crippen molar-refractivity contribution in [1.29, 1.82) is 0 Å². The van der Waals surface area contributed by atoms with E-state index in [4.69, 9.17) is 4.74 Å². The second kappa shape index (κ2) is 7.77. The van der Waals surface area contributed by atoms with Crippen molar-refractivity contribution in [3.05, 3.63) is 95.6 Å². The summed E-state index contributed by atoms with van der Waals surface area (Å²) in [4.78, 5) is 15.0. The Balaban J connectivity index is 1.61. The van der Waals surface area contributed by atoms with Gasteiger partial charge in [0.1, 0.15) is 18.5 Å². The van der Waals surface area contributed by atoms with Crippen LogP contribution in [0, 0.1) is 0 Å². The zero-order valence-electron chi connectivity index (χ0n) is 16.1. The van der Waals surface area contributed by atoms with Crippen molar-refractivity contribution in [3.8, 4) is 5.75 Å². The highest BCUT2D eigenvalue weighted by molar-refractivity contribution is 6.01. The summed E-state index contributed by atoms with van der Waals surface area (Å²) in [5, 5.41) is 3.53. The number of fused-ring (bicyclic) bond motifs is 1. The molecule has 1 aliphatic heterocycles. The van der Waals surface area contributed by atoms with Crippen LogP contribution in [0.2, 0.25) is 0 Å². The van der Waals surface area contributed by atoms with Gasteiger partial charge in [-0.05, 0) is 49.2 Å². The fourth-order valence-corrected chi connectivity index (χ4v) is 3.56. The van der Waals surface area contributed by atoms with E-state index in [0.717, 1.165) is 22.6 Å². The molecule has 1 heterocycles. The van der Waals surface area contributed by atoms with E-state index in [9.17, 15) is 4.79 Å². The van der Waals surface area contributed by atoms with Gasteiger partial charge < -0.3 is 15.0 Å². The first-order valence-corrected chi connectivity index (χ1v) is 9.58. The van der Waals surface area contributed by atoms with Gasteiger partial charge in [-0.3, -0.25) is 4.79 Å². The molecule has 0 radical (unpaired) electrons. The van der Waals surface area contributed by atoms with Crippen LogP contribution in [-0.4, -0.2) is 16.8 Å². The molecule has 0 spiro atoms. The van der Waals surface area contributed by atoms with Crippen molar-refractivity contribution in [2.45, 2.75) is 32.7 Å². The number of carbonyl (C=O) groups is 1. The number of hydrogen-bond donors (Lipinski definition) is 1. The number of hydrogen-bond acceptors (Lipinski definition) is 3. The van der Waals surface area contributed by atoms with Crippen LogP contribution >= 0.6 is 0 Å². The quantitative estimate of drug-likeness (QED) is 0.666. The molecule has 3 aromatic rings. The molecule has 0 aliphatic carbocycles. The molecule has 1 atom stereocenters. The molecule has 0 bridgehead atoms. The second-order valence-electron chi connectivity index (χ2n) is 7.25. The average Bonchev–Trinajstić information content (AvgIpc) is 2.73. The van der Waals surface area contributed by atoms with Crippen LogP contribution in [0.1, 0.15) is 41.5 Å². The monoisotopic (exact) mass is 372 g/mol. The van der Waals surface area contributed by atoms with E-state index in [1.807, 2.05) is 97.6 Å². The van der Waals surface area contributed by atoms with Crippen molar-refractivity contribution in [3.63, 3.8) is 0 Å². The summed E-state index contributed by atoms with van der Waals surface area (Å²) >= 11 is 0. The van der Waals surface area contributed by atoms with Gasteiger partial charge in [0, 0.05) is 11.7 Å². The Bertz CT molecular complexity index is 969. The maximum absolute atomic E-state index is 13.1. The third kappa shape index (κ3) is 3.58. The van der Waals surface area contributed by atoms with Crippen LogP contribution in [0.15, 0.2) is 78.9 Å². The molecular formula is C24H24N2O2. The molecule has 1 N–H and O–H groups in total. The normalized spacial score (nSPS) is 15.9. The standard InChI is InChI=1S/C24H24N2O2/c1-17(2)26-23(25-22-14-7-6-13-21(22)24(26)27)19-11-8-12-20(15-19)28-16-18-9-4-3-5-10-18/h3-15,17,23,25H,16H2,1-2H3. The summed E-state index contributed by atoms with van der Waals surface area (Å²) in [5.74, 6) is 0.836. The van der Waals surface area contributed by atoms with E-state index < -0.39 is 0 Å². The van der Waals surface area contributed by atoms with Crippen molar-refractivity contribution >= 4 is 11.6 Å². The minimum Gasteiger partial charge on any atom is -0.489 e. The van der Waals surface area contributed by atoms with Gasteiger partial charge in [0.15, 0.2) is 0 Å². The number of amides is 1. The lowest BCUT2D eigenvalue weighted by Gasteiger charge is -2.40. The minimum absolute atomic E-state index is 0.0463. The molecule has 4 nitrogen and oxygen atoms in total. The first-order chi connectivity index (χ1) is 13.6. The van der Waals surface area contributed by atoms with Crippen LogP contribution in [0.3, 0.4) is 0 Å². The van der Waals surface area contributed by atoms with Gasteiger partial charge in [-0.2, -0.15) is 0 Å². The van der Waals surface area contributed by atoms with Crippen molar-refractivity contribution in [2.24, 2.45) is 0 Å². The molecule has 0 fully saturated rings. The number of ether oxygens (including phenoxy) is 1. The molecule has 1 unspecified atom stereocenters. The molecule has 1 aliphatic rings. The Morgan fingerprint density at radius 3 is 2.50 bits per heavy atom. The van der Waals surface area contributed by atoms with Gasteiger partial charge in [-0.1, -0.05) is 54.6 Å². The molecular weight excluding hydrogens is 348 g/mol. The largest absolute Gasteiger partial charge is 0.489 e. The lowest BCUT2D eigenvalue weighted by Crippen LogP contribution is -2.46. The maximum Gasteiger partial charge on any atom is 0.258 e. The lowest BCUT2D eigenvalue weighted by atomic mass is 10.0. The number of rotatable bonds is 5. The van der Waals surface area contributed by atoms with Crippen molar-refractivity contribution < 1.29 is 9.53 Å². The molecule has 4 rings (SSSR count). The van der Waals surface area contributed by atoms with Gasteiger partial charge in [0.2, 0.25) is 0 Å². The summed E-state index contributed by atoms with van der Waals surface area (Å²) in [6.45, 7) is 4.59. The molecule has 142 valence electrons. The van der Waals surface area contributed by atoms with Gasteiger partial charge in [0.05, 0.1) is 5.56 Å².